The Labute approximate surface area is 118 Å². The van der Waals surface area contributed by atoms with Gasteiger partial charge in [0.15, 0.2) is 0 Å². The van der Waals surface area contributed by atoms with E-state index in [2.05, 4.69) is 65.1 Å². The van der Waals surface area contributed by atoms with Crippen molar-refractivity contribution in [1.29, 1.82) is 0 Å². The van der Waals surface area contributed by atoms with Crippen LogP contribution < -0.4 is 11.1 Å². The van der Waals surface area contributed by atoms with Gasteiger partial charge in [-0.25, -0.2) is 0 Å². The molecule has 0 unspecified atom stereocenters. The van der Waals surface area contributed by atoms with Crippen molar-refractivity contribution >= 4 is 0 Å². The van der Waals surface area contributed by atoms with Crippen LogP contribution in [0.5, 0.6) is 0 Å². The lowest BCUT2D eigenvalue weighted by atomic mass is 9.85. The molecular formula is C17H30N2. The van der Waals surface area contributed by atoms with E-state index >= 15 is 0 Å². The highest BCUT2D eigenvalue weighted by Gasteiger charge is 2.14. The number of nitrogens with one attached hydrogen (secondary N) is 1. The van der Waals surface area contributed by atoms with E-state index in [1.807, 2.05) is 0 Å². The van der Waals surface area contributed by atoms with Crippen LogP contribution in [0.3, 0.4) is 0 Å². The van der Waals surface area contributed by atoms with Gasteiger partial charge in [0.2, 0.25) is 0 Å². The van der Waals surface area contributed by atoms with Crippen molar-refractivity contribution in [3.05, 3.63) is 34.9 Å². The van der Waals surface area contributed by atoms with Crippen molar-refractivity contribution in [3.8, 4) is 0 Å². The maximum absolute atomic E-state index is 5.97. The molecule has 0 bridgehead atoms. The van der Waals surface area contributed by atoms with Gasteiger partial charge < -0.3 is 11.1 Å². The average Bonchev–Trinajstić information content (AvgIpc) is 2.23. The van der Waals surface area contributed by atoms with Crippen LogP contribution >= 0.6 is 0 Å². The zero-order valence-corrected chi connectivity index (χ0v) is 13.4. The lowest BCUT2D eigenvalue weighted by Gasteiger charge is -2.21. The summed E-state index contributed by atoms with van der Waals surface area (Å²) < 4.78 is 0. The molecule has 0 amide bonds. The Morgan fingerprint density at radius 3 is 2.21 bits per heavy atom. The van der Waals surface area contributed by atoms with E-state index in [1.54, 1.807) is 0 Å². The number of hydrogen-bond acceptors (Lipinski definition) is 2. The van der Waals surface area contributed by atoms with Gasteiger partial charge in [-0.2, -0.15) is 0 Å². The van der Waals surface area contributed by atoms with E-state index < -0.39 is 0 Å². The predicted molar refractivity (Wildman–Crippen MR) is 84.5 cm³/mol. The molecule has 1 aromatic rings. The summed E-state index contributed by atoms with van der Waals surface area (Å²) in [6.07, 6.45) is 0.992. The van der Waals surface area contributed by atoms with Gasteiger partial charge in [0, 0.05) is 12.1 Å². The van der Waals surface area contributed by atoms with E-state index in [0.717, 1.165) is 19.5 Å². The van der Waals surface area contributed by atoms with Crippen LogP contribution in [0, 0.1) is 6.92 Å². The van der Waals surface area contributed by atoms with Crippen LogP contribution in [0.1, 0.15) is 57.7 Å². The molecule has 0 aliphatic carbocycles. The summed E-state index contributed by atoms with van der Waals surface area (Å²) in [5.74, 6) is 0. The van der Waals surface area contributed by atoms with Gasteiger partial charge >= 0.3 is 0 Å². The van der Waals surface area contributed by atoms with Gasteiger partial charge in [-0.1, -0.05) is 39.0 Å². The summed E-state index contributed by atoms with van der Waals surface area (Å²) in [6, 6.07) is 6.80. The standard InChI is InChI=1S/C17H30N2/c1-13-11-15(16(2,3)4)8-7-14(13)12-19-10-9-17(5,6)18/h7-8,11,19H,9-10,12,18H2,1-6H3. The van der Waals surface area contributed by atoms with Crippen LogP contribution in [0.2, 0.25) is 0 Å². The predicted octanol–water partition coefficient (Wildman–Crippen LogP) is 3.51. The van der Waals surface area contributed by atoms with E-state index in [-0.39, 0.29) is 11.0 Å². The number of aryl methyl sites for hydroxylation is 1. The van der Waals surface area contributed by atoms with Crippen LogP contribution in [-0.4, -0.2) is 12.1 Å². The first-order valence-electron chi connectivity index (χ1n) is 7.19. The molecule has 0 saturated heterocycles. The Kier molecular flexibility index (Phi) is 5.17. The third-order valence-electron chi connectivity index (χ3n) is 3.47. The zero-order chi connectivity index (χ0) is 14.7. The molecule has 0 aliphatic rings. The highest BCUT2D eigenvalue weighted by Crippen LogP contribution is 2.24. The molecule has 3 N–H and O–H groups in total. The van der Waals surface area contributed by atoms with Crippen molar-refractivity contribution in [2.75, 3.05) is 6.54 Å². The molecule has 1 aromatic carbocycles. The maximum atomic E-state index is 5.97. The first-order valence-corrected chi connectivity index (χ1v) is 7.19. The molecule has 0 atom stereocenters. The van der Waals surface area contributed by atoms with Gasteiger partial charge in [0.25, 0.3) is 0 Å². The second-order valence-corrected chi connectivity index (χ2v) is 7.31. The molecule has 2 nitrogen and oxygen atoms in total. The number of benzene rings is 1. The largest absolute Gasteiger partial charge is 0.326 e. The smallest absolute Gasteiger partial charge is 0.0208 e. The third kappa shape index (κ3) is 5.75. The summed E-state index contributed by atoms with van der Waals surface area (Å²) >= 11 is 0. The topological polar surface area (TPSA) is 38.0 Å². The molecule has 1 rings (SSSR count). The maximum Gasteiger partial charge on any atom is 0.0208 e. The molecule has 0 aliphatic heterocycles. The van der Waals surface area contributed by atoms with Crippen molar-refractivity contribution < 1.29 is 0 Å². The second-order valence-electron chi connectivity index (χ2n) is 7.31. The molecule has 0 saturated carbocycles. The second kappa shape index (κ2) is 6.06. The summed E-state index contributed by atoms with van der Waals surface area (Å²) in [5, 5.41) is 3.48. The fourth-order valence-electron chi connectivity index (χ4n) is 1.99. The summed E-state index contributed by atoms with van der Waals surface area (Å²) in [4.78, 5) is 0. The average molecular weight is 262 g/mol. The summed E-state index contributed by atoms with van der Waals surface area (Å²) in [6.45, 7) is 15.0. The van der Waals surface area contributed by atoms with Gasteiger partial charge in [0.1, 0.15) is 0 Å². The van der Waals surface area contributed by atoms with Gasteiger partial charge in [-0.15, -0.1) is 0 Å². The van der Waals surface area contributed by atoms with E-state index in [9.17, 15) is 0 Å². The monoisotopic (exact) mass is 262 g/mol. The molecule has 19 heavy (non-hydrogen) atoms. The van der Waals surface area contributed by atoms with Gasteiger partial charge in [-0.3, -0.25) is 0 Å². The summed E-state index contributed by atoms with van der Waals surface area (Å²) in [7, 11) is 0. The van der Waals surface area contributed by atoms with E-state index in [1.165, 1.54) is 16.7 Å². The molecule has 108 valence electrons. The highest BCUT2D eigenvalue weighted by atomic mass is 14.9. The molecular weight excluding hydrogens is 232 g/mol. The van der Waals surface area contributed by atoms with Crippen molar-refractivity contribution in [2.45, 2.75) is 65.5 Å². The first kappa shape index (κ1) is 16.2. The normalized spacial score (nSPS) is 12.8. The minimum atomic E-state index is -0.0852. The lowest BCUT2D eigenvalue weighted by molar-refractivity contribution is 0.455. The molecule has 0 spiro atoms. The Balaban J connectivity index is 2.57. The lowest BCUT2D eigenvalue weighted by Crippen LogP contribution is -2.35. The molecule has 0 fully saturated rings. The number of nitrogens with two attached hydrogens (primary N) is 1. The first-order chi connectivity index (χ1) is 8.59. The number of hydrogen-bond donors (Lipinski definition) is 2. The molecule has 0 radical (unpaired) electrons. The minimum absolute atomic E-state index is 0.0852. The van der Waals surface area contributed by atoms with Gasteiger partial charge in [0.05, 0.1) is 0 Å². The Hall–Kier alpha value is -0.860. The minimum Gasteiger partial charge on any atom is -0.326 e. The fourth-order valence-corrected chi connectivity index (χ4v) is 1.99. The molecule has 2 heteroatoms. The van der Waals surface area contributed by atoms with Crippen LogP contribution in [0.15, 0.2) is 18.2 Å². The third-order valence-corrected chi connectivity index (χ3v) is 3.47. The summed E-state index contributed by atoms with van der Waals surface area (Å²) in [5.41, 5.74) is 10.3. The van der Waals surface area contributed by atoms with E-state index in [0.29, 0.717) is 0 Å². The SMILES string of the molecule is Cc1cc(C(C)(C)C)ccc1CNCCC(C)(C)N. The van der Waals surface area contributed by atoms with Crippen LogP contribution in [-0.2, 0) is 12.0 Å². The van der Waals surface area contributed by atoms with Crippen LogP contribution in [0.25, 0.3) is 0 Å². The zero-order valence-electron chi connectivity index (χ0n) is 13.4. The van der Waals surface area contributed by atoms with Crippen molar-refractivity contribution in [1.82, 2.24) is 5.32 Å². The molecule has 0 aromatic heterocycles. The van der Waals surface area contributed by atoms with Crippen LogP contribution in [0.4, 0.5) is 0 Å². The van der Waals surface area contributed by atoms with Crippen molar-refractivity contribution in [3.63, 3.8) is 0 Å². The fraction of sp³-hybridized carbons (Fsp3) is 0.647. The Morgan fingerprint density at radius 2 is 1.74 bits per heavy atom. The van der Waals surface area contributed by atoms with Gasteiger partial charge in [-0.05, 0) is 55.8 Å². The highest BCUT2D eigenvalue weighted by molar-refractivity contribution is 5.34. The van der Waals surface area contributed by atoms with Crippen molar-refractivity contribution in [2.24, 2.45) is 5.73 Å². The van der Waals surface area contributed by atoms with E-state index in [4.69, 9.17) is 5.73 Å². The molecule has 0 heterocycles. The Bertz CT molecular complexity index is 408. The Morgan fingerprint density at radius 1 is 1.11 bits per heavy atom. The number of rotatable bonds is 5. The quantitative estimate of drug-likeness (QED) is 0.797.